The van der Waals surface area contributed by atoms with Gasteiger partial charge in [-0.05, 0) is 24.6 Å². The summed E-state index contributed by atoms with van der Waals surface area (Å²) in [6.07, 6.45) is 3.40. The smallest absolute Gasteiger partial charge is 0.328 e. The van der Waals surface area contributed by atoms with Gasteiger partial charge in [0, 0.05) is 31.5 Å². The maximum Gasteiger partial charge on any atom is 0.328 e. The van der Waals surface area contributed by atoms with E-state index < -0.39 is 11.9 Å². The van der Waals surface area contributed by atoms with Crippen LogP contribution in [0, 0.1) is 5.82 Å². The van der Waals surface area contributed by atoms with Gasteiger partial charge in [-0.15, -0.1) is 0 Å². The number of benzene rings is 1. The Bertz CT molecular complexity index is 648. The van der Waals surface area contributed by atoms with Gasteiger partial charge in [0.25, 0.3) is 0 Å². The number of hydrogen-bond acceptors (Lipinski definition) is 3. The number of halogens is 1. The van der Waals surface area contributed by atoms with Crippen LogP contribution in [0.4, 0.5) is 4.39 Å². The molecule has 0 saturated heterocycles. The molecule has 0 aliphatic heterocycles. The van der Waals surface area contributed by atoms with Crippen molar-refractivity contribution in [3.05, 3.63) is 52.5 Å². The number of ether oxygens (including phenoxy) is 1. The maximum absolute atomic E-state index is 13.6. The van der Waals surface area contributed by atoms with Gasteiger partial charge in [-0.2, -0.15) is 0 Å². The fraction of sp³-hybridized carbons (Fsp3) is 0.357. The quantitative estimate of drug-likeness (QED) is 0.902. The van der Waals surface area contributed by atoms with Gasteiger partial charge < -0.3 is 10.5 Å². The summed E-state index contributed by atoms with van der Waals surface area (Å²) in [6.45, 7) is 2.81. The van der Waals surface area contributed by atoms with E-state index in [1.807, 2.05) is 6.92 Å². The highest BCUT2D eigenvalue weighted by atomic mass is 19.1. The number of aryl methyl sites for hydroxylation is 1. The lowest BCUT2D eigenvalue weighted by Gasteiger charge is -2.13. The van der Waals surface area contributed by atoms with Crippen LogP contribution in [-0.4, -0.2) is 16.2 Å². The predicted molar refractivity (Wildman–Crippen MR) is 74.2 cm³/mol. The van der Waals surface area contributed by atoms with Crippen molar-refractivity contribution in [2.24, 2.45) is 5.73 Å². The van der Waals surface area contributed by atoms with Gasteiger partial charge in [0.1, 0.15) is 0 Å². The Morgan fingerprint density at radius 1 is 1.35 bits per heavy atom. The van der Waals surface area contributed by atoms with Gasteiger partial charge in [-0.3, -0.25) is 9.13 Å². The van der Waals surface area contributed by atoms with Crippen molar-refractivity contribution >= 4 is 0 Å². The molecule has 1 atom stereocenters. The minimum Gasteiger partial charge on any atom is -0.494 e. The second kappa shape index (κ2) is 5.92. The molecule has 0 aliphatic rings. The third kappa shape index (κ3) is 2.75. The minimum absolute atomic E-state index is 0.114. The number of nitrogens with zero attached hydrogens (tertiary/aromatic N) is 2. The summed E-state index contributed by atoms with van der Waals surface area (Å²) < 4.78 is 21.6. The molecule has 6 heteroatoms. The van der Waals surface area contributed by atoms with E-state index in [0.29, 0.717) is 18.7 Å². The second-order valence-corrected chi connectivity index (χ2v) is 4.52. The van der Waals surface area contributed by atoms with E-state index in [1.54, 1.807) is 23.0 Å². The first kappa shape index (κ1) is 14.3. The zero-order chi connectivity index (χ0) is 14.7. The van der Waals surface area contributed by atoms with Crippen LogP contribution in [0.5, 0.6) is 5.75 Å². The Morgan fingerprint density at radius 2 is 2.05 bits per heavy atom. The molecule has 0 spiro atoms. The Hall–Kier alpha value is -2.08. The summed E-state index contributed by atoms with van der Waals surface area (Å²) in [5.74, 6) is -0.283. The fourth-order valence-corrected chi connectivity index (χ4v) is 2.06. The molecule has 2 rings (SSSR count). The predicted octanol–water partition coefficient (Wildman–Crippen LogP) is 1.52. The normalized spacial score (nSPS) is 12.4. The Labute approximate surface area is 116 Å². The van der Waals surface area contributed by atoms with Crippen molar-refractivity contribution in [3.63, 3.8) is 0 Å². The molecule has 0 aliphatic carbocycles. The summed E-state index contributed by atoms with van der Waals surface area (Å²) in [5.41, 5.74) is 6.54. The topological polar surface area (TPSA) is 62.2 Å². The minimum atomic E-state index is -0.459. The molecule has 0 radical (unpaired) electrons. The third-order valence-electron chi connectivity index (χ3n) is 3.26. The van der Waals surface area contributed by atoms with Crippen molar-refractivity contribution < 1.29 is 9.13 Å². The van der Waals surface area contributed by atoms with E-state index in [0.717, 1.165) is 0 Å². The zero-order valence-corrected chi connectivity index (χ0v) is 11.5. The first-order valence-electron chi connectivity index (χ1n) is 6.41. The highest BCUT2D eigenvalue weighted by molar-refractivity contribution is 5.30. The third-order valence-corrected chi connectivity index (χ3v) is 3.26. The molecule has 1 heterocycles. The Balaban J connectivity index is 2.19. The van der Waals surface area contributed by atoms with Crippen LogP contribution in [0.25, 0.3) is 0 Å². The molecule has 1 aromatic heterocycles. The number of imidazole rings is 1. The number of hydrogen-bond donors (Lipinski definition) is 1. The largest absolute Gasteiger partial charge is 0.494 e. The van der Waals surface area contributed by atoms with E-state index in [4.69, 9.17) is 10.5 Å². The molecule has 2 aromatic rings. The van der Waals surface area contributed by atoms with Gasteiger partial charge in [0.05, 0.1) is 7.11 Å². The fourth-order valence-electron chi connectivity index (χ4n) is 2.06. The second-order valence-electron chi connectivity index (χ2n) is 4.52. The molecule has 5 nitrogen and oxygen atoms in total. The van der Waals surface area contributed by atoms with Crippen LogP contribution in [0.1, 0.15) is 18.5 Å². The van der Waals surface area contributed by atoms with Gasteiger partial charge in [0.15, 0.2) is 11.6 Å². The van der Waals surface area contributed by atoms with Gasteiger partial charge in [-0.25, -0.2) is 9.18 Å². The van der Waals surface area contributed by atoms with Crippen molar-refractivity contribution in [2.45, 2.75) is 26.1 Å². The summed E-state index contributed by atoms with van der Waals surface area (Å²) >= 11 is 0. The van der Waals surface area contributed by atoms with E-state index in [-0.39, 0.29) is 11.4 Å². The molecule has 108 valence electrons. The van der Waals surface area contributed by atoms with Crippen LogP contribution in [0.15, 0.2) is 35.4 Å². The van der Waals surface area contributed by atoms with Crippen molar-refractivity contribution in [1.82, 2.24) is 9.13 Å². The molecule has 20 heavy (non-hydrogen) atoms. The molecular weight excluding hydrogens is 261 g/mol. The maximum atomic E-state index is 13.6. The average Bonchev–Trinajstić information content (AvgIpc) is 2.79. The lowest BCUT2D eigenvalue weighted by Crippen LogP contribution is -2.28. The molecule has 0 amide bonds. The van der Waals surface area contributed by atoms with Crippen LogP contribution >= 0.6 is 0 Å². The number of aromatic nitrogens is 2. The first-order chi connectivity index (χ1) is 9.56. The van der Waals surface area contributed by atoms with Crippen LogP contribution in [0.3, 0.4) is 0 Å². The lowest BCUT2D eigenvalue weighted by molar-refractivity contribution is 0.385. The SMILES string of the molecule is CCn1ccn(CC(N)c2ccc(OC)c(F)c2)c1=O. The monoisotopic (exact) mass is 279 g/mol. The molecule has 0 bridgehead atoms. The molecule has 2 N–H and O–H groups in total. The first-order valence-corrected chi connectivity index (χ1v) is 6.41. The van der Waals surface area contributed by atoms with Crippen molar-refractivity contribution in [2.75, 3.05) is 7.11 Å². The Kier molecular flexibility index (Phi) is 4.24. The average molecular weight is 279 g/mol. The van der Waals surface area contributed by atoms with E-state index in [9.17, 15) is 9.18 Å². The van der Waals surface area contributed by atoms with Crippen molar-refractivity contribution in [3.8, 4) is 5.75 Å². The molecule has 0 saturated carbocycles. The van der Waals surface area contributed by atoms with Crippen LogP contribution in [-0.2, 0) is 13.1 Å². The summed E-state index contributed by atoms with van der Waals surface area (Å²) in [7, 11) is 1.41. The van der Waals surface area contributed by atoms with E-state index in [1.165, 1.54) is 23.8 Å². The van der Waals surface area contributed by atoms with Crippen LogP contribution in [0.2, 0.25) is 0 Å². The number of nitrogens with two attached hydrogens (primary N) is 1. The van der Waals surface area contributed by atoms with Gasteiger partial charge in [0.2, 0.25) is 0 Å². The van der Waals surface area contributed by atoms with Gasteiger partial charge >= 0.3 is 5.69 Å². The molecular formula is C14H18FN3O2. The van der Waals surface area contributed by atoms with Gasteiger partial charge in [-0.1, -0.05) is 6.07 Å². The standard InChI is InChI=1S/C14H18FN3O2/c1-3-17-6-7-18(14(17)19)9-12(16)10-4-5-13(20-2)11(15)8-10/h4-8,12H,3,9,16H2,1-2H3. The summed E-state index contributed by atoms with van der Waals surface area (Å²) in [4.78, 5) is 11.9. The van der Waals surface area contributed by atoms with E-state index >= 15 is 0 Å². The van der Waals surface area contributed by atoms with E-state index in [2.05, 4.69) is 0 Å². The zero-order valence-electron chi connectivity index (χ0n) is 11.5. The lowest BCUT2D eigenvalue weighted by atomic mass is 10.1. The highest BCUT2D eigenvalue weighted by Crippen LogP contribution is 2.21. The molecule has 1 unspecified atom stereocenters. The molecule has 1 aromatic carbocycles. The highest BCUT2D eigenvalue weighted by Gasteiger charge is 2.12. The Morgan fingerprint density at radius 3 is 2.60 bits per heavy atom. The molecule has 0 fully saturated rings. The summed E-state index contributed by atoms with van der Waals surface area (Å²) in [5, 5.41) is 0. The summed E-state index contributed by atoms with van der Waals surface area (Å²) in [6, 6.07) is 4.12. The van der Waals surface area contributed by atoms with Crippen molar-refractivity contribution in [1.29, 1.82) is 0 Å². The van der Waals surface area contributed by atoms with Crippen LogP contribution < -0.4 is 16.2 Å². The number of rotatable bonds is 5. The number of methoxy groups -OCH3 is 1.